The van der Waals surface area contributed by atoms with Crippen LogP contribution in [0.3, 0.4) is 0 Å². The Morgan fingerprint density at radius 2 is 1.69 bits per heavy atom. The molecule has 1 aromatic carbocycles. The Bertz CT molecular complexity index is 1290. The number of aromatic nitrogens is 1. The van der Waals surface area contributed by atoms with Crippen LogP contribution in [0.15, 0.2) is 29.6 Å². The van der Waals surface area contributed by atoms with Gasteiger partial charge >= 0.3 is 0 Å². The van der Waals surface area contributed by atoms with Crippen LogP contribution in [0, 0.1) is 5.92 Å². The van der Waals surface area contributed by atoms with Crippen LogP contribution in [0.5, 0.6) is 0 Å². The van der Waals surface area contributed by atoms with Crippen molar-refractivity contribution >= 4 is 49.0 Å². The molecular weight excluding hydrogens is 578 g/mol. The fraction of sp³-hybridized carbons (Fsp3) is 0.657. The first kappa shape index (κ1) is 33.9. The van der Waals surface area contributed by atoms with Gasteiger partial charge in [-0.25, -0.2) is 4.98 Å². The predicted octanol–water partition coefficient (Wildman–Crippen LogP) is 5.72. The second-order valence-electron chi connectivity index (χ2n) is 13.5. The summed E-state index contributed by atoms with van der Waals surface area (Å²) in [5.74, 6) is 1.23. The maximum atomic E-state index is 14.1. The molecule has 2 amide bonds. The van der Waals surface area contributed by atoms with E-state index in [9.17, 15) is 14.4 Å². The highest BCUT2D eigenvalue weighted by atomic mass is 32.1. The summed E-state index contributed by atoms with van der Waals surface area (Å²) in [5.41, 5.74) is 2.21. The van der Waals surface area contributed by atoms with Gasteiger partial charge in [0.1, 0.15) is 24.0 Å². The molecule has 2 N–H and O–H groups in total. The van der Waals surface area contributed by atoms with E-state index < -0.39 is 6.04 Å². The molecule has 0 spiro atoms. The molecule has 45 heavy (non-hydrogen) atoms. The number of hydrogen-bond acceptors (Lipinski definition) is 6. The molecule has 1 aliphatic heterocycles. The highest BCUT2D eigenvalue weighted by Gasteiger charge is 2.40. The zero-order chi connectivity index (χ0) is 31.8. The molecule has 0 unspecified atom stereocenters. The number of nitrogens with zero attached hydrogens (tertiary/aromatic N) is 2. The van der Waals surface area contributed by atoms with E-state index in [1.807, 2.05) is 35.4 Å². The van der Waals surface area contributed by atoms with Crippen molar-refractivity contribution in [2.24, 2.45) is 5.92 Å². The summed E-state index contributed by atoms with van der Waals surface area (Å²) in [6.07, 6.45) is 14.4. The zero-order valence-corrected chi connectivity index (χ0v) is 28.2. The molecule has 2 aliphatic carbocycles. The van der Waals surface area contributed by atoms with Gasteiger partial charge in [-0.3, -0.25) is 14.4 Å². The fourth-order valence-electron chi connectivity index (χ4n) is 7.55. The van der Waals surface area contributed by atoms with Crippen molar-refractivity contribution in [3.8, 4) is 0 Å². The Labute approximate surface area is 275 Å². The number of benzene rings is 1. The lowest BCUT2D eigenvalue weighted by Crippen LogP contribution is -2.55. The number of rotatable bonds is 11. The maximum Gasteiger partial charge on any atom is 0.246 e. The number of hydrogen-bond donors (Lipinski definition) is 2. The third-order valence-corrected chi connectivity index (χ3v) is 11.4. The minimum atomic E-state index is -0.529. The van der Waals surface area contributed by atoms with E-state index in [1.54, 1.807) is 7.05 Å². The molecule has 5 rings (SSSR count). The van der Waals surface area contributed by atoms with Gasteiger partial charge in [0, 0.05) is 17.5 Å². The zero-order valence-electron chi connectivity index (χ0n) is 27.4. The molecule has 2 heterocycles. The molecule has 2 saturated carbocycles. The highest BCUT2D eigenvalue weighted by Crippen LogP contribution is 2.37. The van der Waals surface area contributed by atoms with Crippen molar-refractivity contribution < 1.29 is 14.4 Å². The Hall–Kier alpha value is -2.45. The Morgan fingerprint density at radius 1 is 0.956 bits per heavy atom. The van der Waals surface area contributed by atoms with E-state index in [0.717, 1.165) is 54.8 Å². The van der Waals surface area contributed by atoms with Gasteiger partial charge in [0.2, 0.25) is 17.6 Å². The first-order valence-corrected chi connectivity index (χ1v) is 18.3. The average molecular weight is 629 g/mol. The molecule has 10 heteroatoms. The summed E-state index contributed by atoms with van der Waals surface area (Å²) in [6, 6.07) is 6.90. The normalized spacial score (nSPS) is 24.2. The summed E-state index contributed by atoms with van der Waals surface area (Å²) in [5, 5.41) is 8.76. The second-order valence-corrected chi connectivity index (χ2v) is 14.4. The van der Waals surface area contributed by atoms with Gasteiger partial charge in [0.25, 0.3) is 0 Å². The first-order chi connectivity index (χ1) is 21.9. The molecule has 240 valence electrons. The van der Waals surface area contributed by atoms with Gasteiger partial charge in [-0.05, 0) is 45.6 Å². The molecule has 1 saturated heterocycles. The number of likely N-dealkylation sites (tertiary alicyclic amines) is 1. The van der Waals surface area contributed by atoms with Gasteiger partial charge < -0.3 is 15.5 Å². The Morgan fingerprint density at radius 3 is 2.40 bits per heavy atom. The van der Waals surface area contributed by atoms with Crippen molar-refractivity contribution in [3.05, 3.63) is 45.9 Å². The number of carbonyl (C=O) groups is 3. The third-order valence-electron chi connectivity index (χ3n) is 10.4. The van der Waals surface area contributed by atoms with Crippen molar-refractivity contribution in [1.82, 2.24) is 20.5 Å². The molecule has 1 aromatic heterocycles. The van der Waals surface area contributed by atoms with Crippen LogP contribution in [-0.4, -0.2) is 67.7 Å². The van der Waals surface area contributed by atoms with Crippen LogP contribution in [0.1, 0.15) is 117 Å². The minimum Gasteiger partial charge on any atom is -0.343 e. The SMILES string of the molecule is C[B]C1CCCC([B]c2cccc(C(=O)c3csc([C@@H]4CCCN4C(=O)[C@@H](NC(=O)[C@H](C)NC)C4CCCCC4)n3)c2)CCC1. The average Bonchev–Trinajstić information content (AvgIpc) is 3.75. The van der Waals surface area contributed by atoms with Crippen LogP contribution < -0.4 is 16.1 Å². The van der Waals surface area contributed by atoms with E-state index in [4.69, 9.17) is 4.98 Å². The van der Waals surface area contributed by atoms with Gasteiger partial charge in [-0.15, -0.1) is 11.3 Å². The number of amides is 2. The monoisotopic (exact) mass is 628 g/mol. The molecule has 3 atom stereocenters. The van der Waals surface area contributed by atoms with Crippen molar-refractivity contribution in [1.29, 1.82) is 0 Å². The fourth-order valence-corrected chi connectivity index (χ4v) is 8.49. The predicted molar refractivity (Wildman–Crippen MR) is 185 cm³/mol. The van der Waals surface area contributed by atoms with Crippen LogP contribution in [0.2, 0.25) is 18.5 Å². The molecule has 7 nitrogen and oxygen atoms in total. The molecule has 3 aliphatic rings. The van der Waals surface area contributed by atoms with E-state index in [2.05, 4.69) is 38.1 Å². The van der Waals surface area contributed by atoms with Gasteiger partial charge in [0.05, 0.1) is 12.1 Å². The number of thiazole rings is 1. The van der Waals surface area contributed by atoms with E-state index >= 15 is 0 Å². The maximum absolute atomic E-state index is 14.1. The van der Waals surface area contributed by atoms with Crippen molar-refractivity contribution in [2.75, 3.05) is 13.6 Å². The molecule has 2 radical (unpaired) electrons. The van der Waals surface area contributed by atoms with Crippen molar-refractivity contribution in [2.45, 2.75) is 127 Å². The van der Waals surface area contributed by atoms with Gasteiger partial charge in [-0.1, -0.05) is 106 Å². The van der Waals surface area contributed by atoms with Gasteiger partial charge in [0.15, 0.2) is 7.28 Å². The number of carbonyl (C=O) groups excluding carboxylic acids is 3. The van der Waals surface area contributed by atoms with Crippen LogP contribution >= 0.6 is 11.3 Å². The summed E-state index contributed by atoms with van der Waals surface area (Å²) < 4.78 is 0. The number of ketones is 1. The summed E-state index contributed by atoms with van der Waals surface area (Å²) >= 11 is 1.47. The Balaban J connectivity index is 1.26. The topological polar surface area (TPSA) is 91.4 Å². The molecule has 2 aromatic rings. The second kappa shape index (κ2) is 16.4. The standard InChI is InChI=1S/C35H50B2N4O3S/c1-23(38-3)33(43)40-31(24-11-5-4-6-12-24)35(44)41-20-10-19-30(41)34-39-29(22-45-34)32(42)25-13-7-18-28(21-25)37-27-16-8-14-26(36-2)15-9-17-27/h7,13,18,21-24,26-27,30-31,38H,4-6,8-12,14-17,19-20H2,1-3H3,(H,40,43)/t23-,26?,27?,30-,31-/m0/s1. The van der Waals surface area contributed by atoms with E-state index in [0.29, 0.717) is 23.6 Å². The van der Waals surface area contributed by atoms with E-state index in [-0.39, 0.29) is 35.6 Å². The van der Waals surface area contributed by atoms with Crippen LogP contribution in [-0.2, 0) is 9.59 Å². The van der Waals surface area contributed by atoms with Crippen molar-refractivity contribution in [3.63, 3.8) is 0 Å². The van der Waals surface area contributed by atoms with E-state index in [1.165, 1.54) is 56.3 Å². The van der Waals surface area contributed by atoms with Crippen LogP contribution in [0.4, 0.5) is 0 Å². The number of nitrogens with one attached hydrogen (secondary N) is 2. The summed E-state index contributed by atoms with van der Waals surface area (Å²) in [4.78, 5) is 47.4. The lowest BCUT2D eigenvalue weighted by atomic mass is 9.53. The summed E-state index contributed by atoms with van der Waals surface area (Å²) in [7, 11) is 6.49. The molecular formula is C35H50B2N4O3S. The summed E-state index contributed by atoms with van der Waals surface area (Å²) in [6.45, 7) is 4.65. The minimum absolute atomic E-state index is 0.00932. The highest BCUT2D eigenvalue weighted by molar-refractivity contribution is 7.10. The first-order valence-electron chi connectivity index (χ1n) is 17.4. The quantitative estimate of drug-likeness (QED) is 0.245. The third kappa shape index (κ3) is 8.68. The van der Waals surface area contributed by atoms with Gasteiger partial charge in [-0.2, -0.15) is 0 Å². The van der Waals surface area contributed by atoms with Crippen LogP contribution in [0.25, 0.3) is 0 Å². The largest absolute Gasteiger partial charge is 0.343 e. The molecule has 0 bridgehead atoms. The number of likely N-dealkylation sites (N-methyl/N-ethyl adjacent to an activating group) is 1. The smallest absolute Gasteiger partial charge is 0.246 e. The lowest BCUT2D eigenvalue weighted by Gasteiger charge is -2.35. The lowest BCUT2D eigenvalue weighted by molar-refractivity contribution is -0.139. The Kier molecular flexibility index (Phi) is 12.4. The molecule has 3 fully saturated rings.